The van der Waals surface area contributed by atoms with E-state index in [9.17, 15) is 0 Å². The van der Waals surface area contributed by atoms with Gasteiger partial charge < -0.3 is 19.7 Å². The largest absolute Gasteiger partial charge is 0.385 e. The van der Waals surface area contributed by atoms with E-state index in [-0.39, 0.29) is 6.10 Å². The van der Waals surface area contributed by atoms with Crippen LogP contribution >= 0.6 is 0 Å². The molecule has 1 saturated heterocycles. The highest BCUT2D eigenvalue weighted by Gasteiger charge is 2.30. The Hall–Kier alpha value is -0.160. The number of ether oxygens (including phenoxy) is 2. The molecule has 1 unspecified atom stereocenters. The molecule has 1 rings (SSSR count). The Morgan fingerprint density at radius 3 is 2.70 bits per heavy atom. The van der Waals surface area contributed by atoms with Gasteiger partial charge >= 0.3 is 0 Å². The molecule has 1 heterocycles. The molecule has 0 aliphatic carbocycles. The van der Waals surface area contributed by atoms with Crippen molar-refractivity contribution in [1.29, 1.82) is 0 Å². The first kappa shape index (κ1) is 7.94. The summed E-state index contributed by atoms with van der Waals surface area (Å²) in [6, 6.07) is 0. The van der Waals surface area contributed by atoms with Crippen LogP contribution in [0.2, 0.25) is 0 Å². The highest BCUT2D eigenvalue weighted by Crippen LogP contribution is 2.14. The summed E-state index contributed by atoms with van der Waals surface area (Å²) in [6.45, 7) is 0.441. The van der Waals surface area contributed by atoms with Crippen molar-refractivity contribution in [3.63, 3.8) is 0 Å². The number of hydrogen-bond acceptors (Lipinski definition) is 4. The van der Waals surface area contributed by atoms with Crippen molar-refractivity contribution >= 4 is 0 Å². The fourth-order valence-corrected chi connectivity index (χ4v) is 1.02. The lowest BCUT2D eigenvalue weighted by atomic mass is 10.1. The molecular weight excluding hydrogens is 136 g/mol. The molecule has 10 heavy (non-hydrogen) atoms. The Labute approximate surface area is 59.4 Å². The summed E-state index contributed by atoms with van der Waals surface area (Å²) >= 11 is 0. The number of aliphatic hydroxyl groups excluding tert-OH is 2. The zero-order valence-electron chi connectivity index (χ0n) is 5.86. The van der Waals surface area contributed by atoms with Gasteiger partial charge in [0.2, 0.25) is 0 Å². The molecule has 0 amide bonds. The van der Waals surface area contributed by atoms with E-state index in [1.165, 1.54) is 7.11 Å². The molecular formula is C6H12O4. The first-order valence-corrected chi connectivity index (χ1v) is 3.26. The maximum Gasteiger partial charge on any atom is 0.183 e. The predicted octanol–water partition coefficient (Wildman–Crippen LogP) is -0.899. The molecule has 0 aromatic carbocycles. The highest BCUT2D eigenvalue weighted by molar-refractivity contribution is 4.75. The van der Waals surface area contributed by atoms with Crippen LogP contribution in [0.1, 0.15) is 6.42 Å². The van der Waals surface area contributed by atoms with Crippen LogP contribution in [0.3, 0.4) is 0 Å². The van der Waals surface area contributed by atoms with E-state index < -0.39 is 12.4 Å². The zero-order valence-corrected chi connectivity index (χ0v) is 5.86. The lowest BCUT2D eigenvalue weighted by Crippen LogP contribution is -2.45. The van der Waals surface area contributed by atoms with Crippen molar-refractivity contribution < 1.29 is 19.7 Å². The summed E-state index contributed by atoms with van der Waals surface area (Å²) in [4.78, 5) is 0. The van der Waals surface area contributed by atoms with E-state index in [4.69, 9.17) is 19.7 Å². The highest BCUT2D eigenvalue weighted by atomic mass is 16.6. The quantitative estimate of drug-likeness (QED) is 0.506. The number of rotatable bonds is 1. The van der Waals surface area contributed by atoms with Crippen molar-refractivity contribution in [3.8, 4) is 0 Å². The summed E-state index contributed by atoms with van der Waals surface area (Å²) in [5.41, 5.74) is 0. The van der Waals surface area contributed by atoms with Crippen LogP contribution < -0.4 is 0 Å². The zero-order chi connectivity index (χ0) is 7.56. The maximum absolute atomic E-state index is 9.14. The molecule has 2 N–H and O–H groups in total. The van der Waals surface area contributed by atoms with Crippen LogP contribution in [0.15, 0.2) is 0 Å². The predicted molar refractivity (Wildman–Crippen MR) is 33.4 cm³/mol. The van der Waals surface area contributed by atoms with Crippen LogP contribution in [0.4, 0.5) is 0 Å². The van der Waals surface area contributed by atoms with E-state index >= 15 is 0 Å². The second kappa shape index (κ2) is 3.30. The fourth-order valence-electron chi connectivity index (χ4n) is 1.02. The standard InChI is InChI=1S/C6H12O4/c1-9-4-2-3-10-6(8)5(4)7/h4-8H,2-3H2,1H3/t4-,5+,6?/m0/s1. The van der Waals surface area contributed by atoms with Gasteiger partial charge in [-0.2, -0.15) is 0 Å². The molecule has 0 aromatic heterocycles. The van der Waals surface area contributed by atoms with Crippen molar-refractivity contribution in [2.75, 3.05) is 13.7 Å². The van der Waals surface area contributed by atoms with Crippen LogP contribution in [0.25, 0.3) is 0 Å². The third-order valence-corrected chi connectivity index (χ3v) is 1.67. The molecule has 0 aromatic rings. The van der Waals surface area contributed by atoms with E-state index in [0.29, 0.717) is 13.0 Å². The second-order valence-electron chi connectivity index (χ2n) is 2.31. The van der Waals surface area contributed by atoms with Crippen molar-refractivity contribution in [1.82, 2.24) is 0 Å². The summed E-state index contributed by atoms with van der Waals surface area (Å²) in [7, 11) is 1.51. The summed E-state index contributed by atoms with van der Waals surface area (Å²) in [5.74, 6) is 0. The minimum absolute atomic E-state index is 0.288. The Morgan fingerprint density at radius 1 is 1.50 bits per heavy atom. The van der Waals surface area contributed by atoms with E-state index in [2.05, 4.69) is 0 Å². The van der Waals surface area contributed by atoms with Gasteiger partial charge in [-0.05, 0) is 6.42 Å². The Kier molecular flexibility index (Phi) is 2.62. The molecule has 0 spiro atoms. The topological polar surface area (TPSA) is 58.9 Å². The number of hydrogen-bond donors (Lipinski definition) is 2. The van der Waals surface area contributed by atoms with Crippen molar-refractivity contribution in [2.45, 2.75) is 24.9 Å². The molecule has 0 radical (unpaired) electrons. The summed E-state index contributed by atoms with van der Waals surface area (Å²) < 4.78 is 9.63. The van der Waals surface area contributed by atoms with Crippen LogP contribution in [-0.2, 0) is 9.47 Å². The molecule has 4 heteroatoms. The third-order valence-electron chi connectivity index (χ3n) is 1.67. The molecule has 0 bridgehead atoms. The van der Waals surface area contributed by atoms with E-state index in [1.54, 1.807) is 0 Å². The van der Waals surface area contributed by atoms with Crippen LogP contribution in [-0.4, -0.2) is 42.4 Å². The Balaban J connectivity index is 2.42. The number of aliphatic hydroxyl groups is 2. The number of methoxy groups -OCH3 is 1. The summed E-state index contributed by atoms with van der Waals surface area (Å²) in [6.07, 6.45) is -1.64. The van der Waals surface area contributed by atoms with Gasteiger partial charge in [0.05, 0.1) is 12.7 Å². The minimum atomic E-state index is -1.08. The van der Waals surface area contributed by atoms with Gasteiger partial charge in [0.1, 0.15) is 6.10 Å². The van der Waals surface area contributed by atoms with Crippen molar-refractivity contribution in [2.24, 2.45) is 0 Å². The summed E-state index contributed by atoms with van der Waals surface area (Å²) in [5, 5.41) is 18.1. The Morgan fingerprint density at radius 2 is 2.20 bits per heavy atom. The molecule has 0 saturated carbocycles. The first-order chi connectivity index (χ1) is 4.75. The smallest absolute Gasteiger partial charge is 0.183 e. The lowest BCUT2D eigenvalue weighted by molar-refractivity contribution is -0.224. The van der Waals surface area contributed by atoms with E-state index in [1.807, 2.05) is 0 Å². The second-order valence-corrected chi connectivity index (χ2v) is 2.31. The average molecular weight is 148 g/mol. The van der Waals surface area contributed by atoms with Gasteiger partial charge in [0.15, 0.2) is 6.29 Å². The van der Waals surface area contributed by atoms with Gasteiger partial charge in [-0.25, -0.2) is 0 Å². The molecule has 1 aliphatic heterocycles. The molecule has 3 atom stereocenters. The first-order valence-electron chi connectivity index (χ1n) is 3.26. The molecule has 1 fully saturated rings. The SMILES string of the molecule is CO[C@H]1CCOC(O)[C@@H]1O. The monoisotopic (exact) mass is 148 g/mol. The van der Waals surface area contributed by atoms with E-state index in [0.717, 1.165) is 0 Å². The average Bonchev–Trinajstić information content (AvgIpc) is 1.95. The van der Waals surface area contributed by atoms with Crippen molar-refractivity contribution in [3.05, 3.63) is 0 Å². The van der Waals surface area contributed by atoms with Crippen LogP contribution in [0, 0.1) is 0 Å². The molecule has 1 aliphatic rings. The van der Waals surface area contributed by atoms with Gasteiger partial charge in [-0.15, -0.1) is 0 Å². The fraction of sp³-hybridized carbons (Fsp3) is 1.00. The van der Waals surface area contributed by atoms with Gasteiger partial charge in [-0.3, -0.25) is 0 Å². The normalized spacial score (nSPS) is 41.7. The molecule has 4 nitrogen and oxygen atoms in total. The molecule has 60 valence electrons. The maximum atomic E-state index is 9.14. The van der Waals surface area contributed by atoms with Gasteiger partial charge in [0, 0.05) is 7.11 Å². The van der Waals surface area contributed by atoms with Gasteiger partial charge in [0.25, 0.3) is 0 Å². The van der Waals surface area contributed by atoms with Gasteiger partial charge in [-0.1, -0.05) is 0 Å². The lowest BCUT2D eigenvalue weighted by Gasteiger charge is -2.30. The van der Waals surface area contributed by atoms with Crippen LogP contribution in [0.5, 0.6) is 0 Å². The minimum Gasteiger partial charge on any atom is -0.385 e. The third kappa shape index (κ3) is 1.46. The Bertz CT molecular complexity index is 106.